The average molecular weight is 568 g/mol. The molecule has 0 amide bonds. The van der Waals surface area contributed by atoms with Crippen molar-refractivity contribution in [3.63, 3.8) is 0 Å². The summed E-state index contributed by atoms with van der Waals surface area (Å²) < 4.78 is 2.77. The fraction of sp³-hybridized carbons (Fsp3) is 0.600. The first-order valence-electron chi connectivity index (χ1n) is 8.98. The average Bonchev–Trinajstić information content (AvgIpc) is 3.16. The standard InChI is InChI=1S/C11H15.C9H11.2HI.Ti/c1-2-6-10(7-3-1)11-8-4-5-9-11;1-2-5-9-7-3-6-8(9)4-1;;;/h4,8,10H,1-3,5-7H2;3,6-7H,1-2,4-5H2;2*1H;/q;;;;+2/p-2. The molecule has 0 N–H and O–H groups in total. The van der Waals surface area contributed by atoms with Crippen molar-refractivity contribution in [1.29, 1.82) is 0 Å². The van der Waals surface area contributed by atoms with Crippen molar-refractivity contribution in [2.45, 2.75) is 68.4 Å². The minimum Gasteiger partial charge on any atom is -1.00 e. The second kappa shape index (κ2) is 9.73. The van der Waals surface area contributed by atoms with Gasteiger partial charge >= 0.3 is 138 Å². The van der Waals surface area contributed by atoms with Crippen molar-refractivity contribution in [2.75, 3.05) is 0 Å². The van der Waals surface area contributed by atoms with Gasteiger partial charge in [0.15, 0.2) is 0 Å². The van der Waals surface area contributed by atoms with Gasteiger partial charge in [0.25, 0.3) is 0 Å². The van der Waals surface area contributed by atoms with Gasteiger partial charge in [0.2, 0.25) is 0 Å². The molecule has 124 valence electrons. The molecular weight excluding hydrogens is 542 g/mol. The Kier molecular flexibility index (Phi) is 8.65. The molecule has 0 aromatic carbocycles. The normalized spacial score (nSPS) is 26.7. The molecule has 23 heavy (non-hydrogen) atoms. The maximum atomic E-state index is 2.57. The summed E-state index contributed by atoms with van der Waals surface area (Å²) in [6.07, 6.45) is 24.3. The number of hydrogen-bond acceptors (Lipinski definition) is 0. The maximum Gasteiger partial charge on any atom is -1.00 e. The second-order valence-electron chi connectivity index (χ2n) is 7.11. The first-order chi connectivity index (χ1) is 10.4. The fourth-order valence-corrected chi connectivity index (χ4v) is 7.36. The molecule has 1 atom stereocenters. The van der Waals surface area contributed by atoms with Crippen molar-refractivity contribution >= 4 is 0 Å². The summed E-state index contributed by atoms with van der Waals surface area (Å²) in [5, 5.41) is 0. The SMILES string of the molecule is C1=CC(C2CCCCC2)=[C]([Ti+2][CH]2C=CC3=C2CCCC3)C1.[I-].[I-]. The van der Waals surface area contributed by atoms with Crippen LogP contribution in [0.15, 0.2) is 44.9 Å². The Bertz CT molecular complexity index is 536. The summed E-state index contributed by atoms with van der Waals surface area (Å²) in [5.41, 5.74) is 5.37. The van der Waals surface area contributed by atoms with E-state index in [4.69, 9.17) is 0 Å². The zero-order valence-electron chi connectivity index (χ0n) is 13.8. The van der Waals surface area contributed by atoms with Gasteiger partial charge < -0.3 is 48.0 Å². The van der Waals surface area contributed by atoms with Crippen LogP contribution >= 0.6 is 0 Å². The van der Waals surface area contributed by atoms with Crippen LogP contribution in [-0.2, 0) is 19.2 Å². The van der Waals surface area contributed by atoms with E-state index in [2.05, 4.69) is 24.3 Å². The third-order valence-electron chi connectivity index (χ3n) is 5.76. The van der Waals surface area contributed by atoms with E-state index in [-0.39, 0.29) is 67.1 Å². The van der Waals surface area contributed by atoms with E-state index in [1.807, 2.05) is 9.45 Å². The van der Waals surface area contributed by atoms with Crippen LogP contribution in [-0.4, -0.2) is 0 Å². The van der Waals surface area contributed by atoms with Crippen molar-refractivity contribution in [2.24, 2.45) is 5.92 Å². The van der Waals surface area contributed by atoms with Gasteiger partial charge in [0.05, 0.1) is 0 Å². The van der Waals surface area contributed by atoms with Crippen LogP contribution in [0.2, 0.25) is 4.22 Å². The van der Waals surface area contributed by atoms with E-state index >= 15 is 0 Å². The molecule has 0 spiro atoms. The molecule has 1 saturated carbocycles. The van der Waals surface area contributed by atoms with E-state index in [1.54, 1.807) is 11.1 Å². The van der Waals surface area contributed by atoms with Crippen LogP contribution in [0.25, 0.3) is 0 Å². The maximum absolute atomic E-state index is 2.57. The number of hydrogen-bond donors (Lipinski definition) is 0. The van der Waals surface area contributed by atoms with Gasteiger partial charge in [-0.1, -0.05) is 0 Å². The molecule has 4 aliphatic carbocycles. The molecule has 3 heteroatoms. The fourth-order valence-electron chi connectivity index (χ4n) is 4.61. The molecule has 0 bridgehead atoms. The molecule has 0 heterocycles. The number of rotatable bonds is 3. The van der Waals surface area contributed by atoms with Gasteiger partial charge in [-0.15, -0.1) is 0 Å². The number of halogens is 2. The van der Waals surface area contributed by atoms with Crippen LogP contribution < -0.4 is 48.0 Å². The summed E-state index contributed by atoms with van der Waals surface area (Å²) in [4.78, 5) is 0. The third kappa shape index (κ3) is 4.65. The van der Waals surface area contributed by atoms with Crippen LogP contribution in [0.5, 0.6) is 0 Å². The van der Waals surface area contributed by atoms with Gasteiger partial charge in [-0.05, 0) is 0 Å². The van der Waals surface area contributed by atoms with Crippen LogP contribution in [0.4, 0.5) is 0 Å². The first kappa shape index (κ1) is 20.4. The topological polar surface area (TPSA) is 0 Å². The van der Waals surface area contributed by atoms with E-state index < -0.39 is 0 Å². The Morgan fingerprint density at radius 1 is 0.870 bits per heavy atom. The van der Waals surface area contributed by atoms with E-state index in [9.17, 15) is 0 Å². The molecule has 0 aromatic rings. The molecule has 0 aliphatic heterocycles. The Labute approximate surface area is 184 Å². The predicted octanol–water partition coefficient (Wildman–Crippen LogP) is 0.100. The van der Waals surface area contributed by atoms with E-state index in [0.717, 1.165) is 10.1 Å². The quantitative estimate of drug-likeness (QED) is 0.335. The van der Waals surface area contributed by atoms with E-state index in [0.29, 0.717) is 0 Å². The Balaban J connectivity index is 0.000000960. The Hall–Kier alpha value is 1.13. The molecule has 0 nitrogen and oxygen atoms in total. The molecule has 0 aromatic heterocycles. The minimum absolute atomic E-state index is 0. The first-order valence-corrected chi connectivity index (χ1v) is 10.7. The summed E-state index contributed by atoms with van der Waals surface area (Å²) in [5.74, 6) is 0.918. The van der Waals surface area contributed by atoms with Crippen molar-refractivity contribution in [3.8, 4) is 0 Å². The molecule has 4 rings (SSSR count). The smallest absolute Gasteiger partial charge is 1.00 e. The largest absolute Gasteiger partial charge is 1.00 e. The zero-order chi connectivity index (χ0) is 14.1. The van der Waals surface area contributed by atoms with Crippen molar-refractivity contribution < 1.29 is 67.1 Å². The Morgan fingerprint density at radius 3 is 2.48 bits per heavy atom. The van der Waals surface area contributed by atoms with Crippen LogP contribution in [0, 0.1) is 5.92 Å². The molecule has 1 unspecified atom stereocenters. The summed E-state index contributed by atoms with van der Waals surface area (Å²) in [6.45, 7) is 0. The van der Waals surface area contributed by atoms with Gasteiger partial charge in [0.1, 0.15) is 0 Å². The predicted molar refractivity (Wildman–Crippen MR) is 85.7 cm³/mol. The minimum atomic E-state index is 0. The number of allylic oxidation sites excluding steroid dienone is 8. The molecule has 4 aliphatic rings. The van der Waals surface area contributed by atoms with Crippen molar-refractivity contribution in [1.82, 2.24) is 0 Å². The molecule has 1 fully saturated rings. The zero-order valence-corrected chi connectivity index (χ0v) is 19.7. The summed E-state index contributed by atoms with van der Waals surface area (Å²) in [7, 11) is 0. The van der Waals surface area contributed by atoms with E-state index in [1.165, 1.54) is 64.2 Å². The van der Waals surface area contributed by atoms with Crippen molar-refractivity contribution in [3.05, 3.63) is 44.9 Å². The van der Waals surface area contributed by atoms with Gasteiger partial charge in [-0.2, -0.15) is 0 Å². The van der Waals surface area contributed by atoms with Crippen LogP contribution in [0.1, 0.15) is 64.2 Å². The second-order valence-corrected chi connectivity index (χ2v) is 9.48. The molecular formula is C20H26I2Ti. The summed E-state index contributed by atoms with van der Waals surface area (Å²) >= 11 is 0.0221. The molecule has 0 radical (unpaired) electrons. The van der Waals surface area contributed by atoms with Gasteiger partial charge in [0, 0.05) is 0 Å². The third-order valence-corrected chi connectivity index (χ3v) is 8.41. The molecule has 0 saturated heterocycles. The Morgan fingerprint density at radius 2 is 1.65 bits per heavy atom. The summed E-state index contributed by atoms with van der Waals surface area (Å²) in [6, 6.07) is 0. The van der Waals surface area contributed by atoms with Gasteiger partial charge in [-0.3, -0.25) is 0 Å². The monoisotopic (exact) mass is 568 g/mol. The van der Waals surface area contributed by atoms with Crippen LogP contribution in [0.3, 0.4) is 0 Å². The van der Waals surface area contributed by atoms with Gasteiger partial charge in [-0.25, -0.2) is 0 Å².